The molecule has 0 aromatic heterocycles. The van der Waals surface area contributed by atoms with Gasteiger partial charge in [-0.15, -0.1) is 0 Å². The van der Waals surface area contributed by atoms with Gasteiger partial charge in [-0.25, -0.2) is 0 Å². The molecule has 0 amide bonds. The number of likely N-dealkylation sites (tertiary alicyclic amines) is 2. The molecule has 0 spiro atoms. The van der Waals surface area contributed by atoms with E-state index in [9.17, 15) is 0 Å². The van der Waals surface area contributed by atoms with Crippen LogP contribution in [0.3, 0.4) is 0 Å². The van der Waals surface area contributed by atoms with Crippen molar-refractivity contribution in [3.05, 3.63) is 0 Å². The first-order chi connectivity index (χ1) is 14.0. The van der Waals surface area contributed by atoms with E-state index >= 15 is 0 Å². The molecular weight excluding hydrogens is 404 g/mol. The van der Waals surface area contributed by atoms with Gasteiger partial charge in [0.05, 0.1) is 11.4 Å². The Balaban J connectivity index is 1.58. The van der Waals surface area contributed by atoms with Crippen molar-refractivity contribution in [2.24, 2.45) is 10.2 Å². The van der Waals surface area contributed by atoms with Gasteiger partial charge < -0.3 is 20.4 Å². The molecule has 4 N–H and O–H groups in total. The molecular formula is C19H36N8S2. The topological polar surface area (TPSA) is 79.3 Å². The number of piperidine rings is 1. The molecule has 0 radical (unpaired) electrons. The van der Waals surface area contributed by atoms with Crippen molar-refractivity contribution in [3.8, 4) is 0 Å². The molecule has 10 heteroatoms. The Morgan fingerprint density at radius 2 is 1.07 bits per heavy atom. The Bertz CT molecular complexity index is 581. The molecule has 8 nitrogen and oxygen atoms in total. The monoisotopic (exact) mass is 440 g/mol. The minimum atomic E-state index is 0.527. The van der Waals surface area contributed by atoms with E-state index in [1.807, 2.05) is 13.8 Å². The van der Waals surface area contributed by atoms with Crippen molar-refractivity contribution in [1.82, 2.24) is 31.3 Å². The lowest BCUT2D eigenvalue weighted by Gasteiger charge is -2.26. The Morgan fingerprint density at radius 1 is 0.690 bits per heavy atom. The van der Waals surface area contributed by atoms with Crippen molar-refractivity contribution >= 4 is 46.1 Å². The molecule has 2 fully saturated rings. The molecule has 0 bridgehead atoms. The maximum Gasteiger partial charge on any atom is 0.187 e. The van der Waals surface area contributed by atoms with Crippen LogP contribution in [0.2, 0.25) is 0 Å². The smallest absolute Gasteiger partial charge is 0.187 e. The highest BCUT2D eigenvalue weighted by atomic mass is 32.1. The fourth-order valence-electron chi connectivity index (χ4n) is 3.35. The van der Waals surface area contributed by atoms with E-state index in [0.717, 1.165) is 37.6 Å². The second-order valence-electron chi connectivity index (χ2n) is 7.58. The third-order valence-corrected chi connectivity index (χ3v) is 5.72. The lowest BCUT2D eigenvalue weighted by Crippen LogP contribution is -2.40. The molecule has 0 aromatic carbocycles. The van der Waals surface area contributed by atoms with Crippen molar-refractivity contribution in [2.45, 2.75) is 46.0 Å². The van der Waals surface area contributed by atoms with Crippen LogP contribution < -0.4 is 21.5 Å². The van der Waals surface area contributed by atoms with Crippen molar-refractivity contribution in [3.63, 3.8) is 0 Å². The zero-order valence-electron chi connectivity index (χ0n) is 17.8. The molecule has 164 valence electrons. The summed E-state index contributed by atoms with van der Waals surface area (Å²) in [5.41, 5.74) is 7.25. The Kier molecular flexibility index (Phi) is 11.4. The summed E-state index contributed by atoms with van der Waals surface area (Å²) >= 11 is 10.6. The maximum absolute atomic E-state index is 5.29. The molecule has 2 aliphatic rings. The first-order valence-electron chi connectivity index (χ1n) is 10.7. The highest BCUT2D eigenvalue weighted by Crippen LogP contribution is 2.07. The highest BCUT2D eigenvalue weighted by molar-refractivity contribution is 7.80. The number of rotatable bonds is 9. The lowest BCUT2D eigenvalue weighted by molar-refractivity contribution is 0.232. The van der Waals surface area contributed by atoms with Crippen LogP contribution in [0.15, 0.2) is 10.2 Å². The summed E-state index contributed by atoms with van der Waals surface area (Å²) in [5, 5.41) is 16.0. The summed E-state index contributed by atoms with van der Waals surface area (Å²) < 4.78 is 0. The van der Waals surface area contributed by atoms with E-state index in [2.05, 4.69) is 41.5 Å². The molecule has 29 heavy (non-hydrogen) atoms. The van der Waals surface area contributed by atoms with Gasteiger partial charge >= 0.3 is 0 Å². The third-order valence-electron chi connectivity index (χ3n) is 5.25. The van der Waals surface area contributed by atoms with Gasteiger partial charge in [-0.1, -0.05) is 6.42 Å². The quantitative estimate of drug-likeness (QED) is 0.242. The van der Waals surface area contributed by atoms with Gasteiger partial charge in [0.25, 0.3) is 0 Å². The summed E-state index contributed by atoms with van der Waals surface area (Å²) in [6.07, 6.45) is 6.56. The summed E-state index contributed by atoms with van der Waals surface area (Å²) in [5.74, 6) is 0. The van der Waals surface area contributed by atoms with E-state index in [1.165, 1.54) is 58.3 Å². The maximum atomic E-state index is 5.29. The zero-order valence-corrected chi connectivity index (χ0v) is 19.4. The lowest BCUT2D eigenvalue weighted by atomic mass is 10.1. The number of thiocarbonyl (C=S) groups is 2. The molecule has 0 atom stereocenters. The number of hydrogen-bond donors (Lipinski definition) is 4. The second-order valence-corrected chi connectivity index (χ2v) is 8.40. The summed E-state index contributed by atoms with van der Waals surface area (Å²) in [6.45, 7) is 12.2. The van der Waals surface area contributed by atoms with Crippen LogP contribution in [-0.2, 0) is 0 Å². The van der Waals surface area contributed by atoms with Gasteiger partial charge in [-0.05, 0) is 90.1 Å². The molecule has 2 rings (SSSR count). The number of hydrogen-bond acceptors (Lipinski definition) is 6. The fourth-order valence-corrected chi connectivity index (χ4v) is 3.65. The normalized spacial score (nSPS) is 19.1. The van der Waals surface area contributed by atoms with Crippen LogP contribution in [-0.4, -0.2) is 83.8 Å². The van der Waals surface area contributed by atoms with Gasteiger partial charge in [0.1, 0.15) is 0 Å². The largest absolute Gasteiger partial charge is 0.360 e. The Hall–Kier alpha value is -1.36. The van der Waals surface area contributed by atoms with Gasteiger partial charge in [0, 0.05) is 26.2 Å². The van der Waals surface area contributed by atoms with Crippen LogP contribution in [0.5, 0.6) is 0 Å². The summed E-state index contributed by atoms with van der Waals surface area (Å²) in [6, 6.07) is 0. The van der Waals surface area contributed by atoms with Crippen LogP contribution in [0.25, 0.3) is 0 Å². The number of hydrazone groups is 2. The molecule has 2 aliphatic heterocycles. The Labute approximate surface area is 185 Å². The van der Waals surface area contributed by atoms with Gasteiger partial charge in [0.2, 0.25) is 0 Å². The minimum absolute atomic E-state index is 0.527. The van der Waals surface area contributed by atoms with Crippen molar-refractivity contribution in [2.75, 3.05) is 52.4 Å². The predicted octanol–water partition coefficient (Wildman–Crippen LogP) is 1.25. The SMILES string of the molecule is CC(=N/NC(=S)NCCN1CCCCC1)/C(C)=N\NC(=S)NCCN1CCCC1. The first-order valence-corrected chi connectivity index (χ1v) is 11.5. The Morgan fingerprint density at radius 3 is 1.48 bits per heavy atom. The summed E-state index contributed by atoms with van der Waals surface area (Å²) in [4.78, 5) is 4.91. The minimum Gasteiger partial charge on any atom is -0.360 e. The van der Waals surface area contributed by atoms with Gasteiger partial charge in [0.15, 0.2) is 10.2 Å². The molecule has 2 heterocycles. The summed E-state index contributed by atoms with van der Waals surface area (Å²) in [7, 11) is 0. The average molecular weight is 441 g/mol. The van der Waals surface area contributed by atoms with E-state index in [-0.39, 0.29) is 0 Å². The molecule has 0 aromatic rings. The third kappa shape index (κ3) is 10.3. The highest BCUT2D eigenvalue weighted by Gasteiger charge is 2.11. The first kappa shape index (κ1) is 23.9. The van der Waals surface area contributed by atoms with Crippen LogP contribution in [0, 0.1) is 0 Å². The molecule has 0 unspecified atom stereocenters. The predicted molar refractivity (Wildman–Crippen MR) is 130 cm³/mol. The average Bonchev–Trinajstić information content (AvgIpc) is 3.24. The van der Waals surface area contributed by atoms with E-state index in [1.54, 1.807) is 0 Å². The standard InChI is InChI=1S/C19H36N8S2/c1-16(22-24-18(28)20-8-14-26-10-4-3-5-11-26)17(2)23-25-19(29)21-9-15-27-12-6-7-13-27/h3-15H2,1-2H3,(H2,20,24,28)(H2,21,25,29)/b22-16-,23-17-. The van der Waals surface area contributed by atoms with Crippen LogP contribution >= 0.6 is 24.4 Å². The number of nitrogens with zero attached hydrogens (tertiary/aromatic N) is 4. The van der Waals surface area contributed by atoms with E-state index in [0.29, 0.717) is 10.2 Å². The van der Waals surface area contributed by atoms with Crippen LogP contribution in [0.1, 0.15) is 46.0 Å². The number of nitrogens with one attached hydrogen (secondary N) is 4. The fraction of sp³-hybridized carbons (Fsp3) is 0.789. The van der Waals surface area contributed by atoms with E-state index < -0.39 is 0 Å². The second kappa shape index (κ2) is 13.8. The molecule has 0 aliphatic carbocycles. The van der Waals surface area contributed by atoms with Gasteiger partial charge in [-0.2, -0.15) is 10.2 Å². The zero-order chi connectivity index (χ0) is 20.9. The van der Waals surface area contributed by atoms with Gasteiger partial charge in [-0.3, -0.25) is 10.9 Å². The van der Waals surface area contributed by atoms with Crippen LogP contribution in [0.4, 0.5) is 0 Å². The molecule has 0 saturated carbocycles. The van der Waals surface area contributed by atoms with E-state index in [4.69, 9.17) is 24.4 Å². The van der Waals surface area contributed by atoms with Crippen molar-refractivity contribution < 1.29 is 0 Å². The molecule has 2 saturated heterocycles. The van der Waals surface area contributed by atoms with Crippen molar-refractivity contribution in [1.29, 1.82) is 0 Å².